The highest BCUT2D eigenvalue weighted by Crippen LogP contribution is 2.40. The largest absolute Gasteiger partial charge is 0.507 e. The number of aryl methyl sites for hydroxylation is 1. The molecule has 0 amide bonds. The molecule has 4 aromatic rings. The third-order valence-electron chi connectivity index (χ3n) is 8.04. The minimum absolute atomic E-state index is 0.0755. The van der Waals surface area contributed by atoms with Gasteiger partial charge in [0.2, 0.25) is 5.75 Å². The number of para-hydroxylation sites is 1. The molecule has 0 bridgehead atoms. The maximum atomic E-state index is 13.3. The number of hydrogen-bond acceptors (Lipinski definition) is 6. The number of Topliss-reactive ketones (excluding diaryl/α,β-unsaturated/α-hetero) is 2. The average molecular weight is 595 g/mol. The number of phenols is 1. The number of aromatic hydroxyl groups is 1. The minimum atomic E-state index is -1.28. The van der Waals surface area contributed by atoms with Crippen LogP contribution in [-0.2, 0) is 22.0 Å². The molecule has 8 heteroatoms. The highest BCUT2D eigenvalue weighted by Gasteiger charge is 2.45. The van der Waals surface area contributed by atoms with Gasteiger partial charge in [-0.1, -0.05) is 71.9 Å². The molecule has 1 aromatic heterocycles. The van der Waals surface area contributed by atoms with Crippen LogP contribution in [0.3, 0.4) is 0 Å². The van der Waals surface area contributed by atoms with Crippen molar-refractivity contribution >= 4 is 34.4 Å². The van der Waals surface area contributed by atoms with Gasteiger partial charge in [-0.2, -0.15) is 0 Å². The Balaban J connectivity index is 1.41. The number of fused-ring (bicyclic) bond motifs is 2. The van der Waals surface area contributed by atoms with E-state index in [2.05, 4.69) is 4.98 Å². The Morgan fingerprint density at radius 2 is 1.50 bits per heavy atom. The van der Waals surface area contributed by atoms with Crippen LogP contribution in [0.4, 0.5) is 0 Å². The van der Waals surface area contributed by atoms with E-state index in [0.717, 1.165) is 16.7 Å². The van der Waals surface area contributed by atoms with Gasteiger partial charge in [0.05, 0.1) is 10.9 Å². The fourth-order valence-electron chi connectivity index (χ4n) is 5.74. The number of esters is 1. The molecule has 5 rings (SSSR count). The second kappa shape index (κ2) is 11.0. The second-order valence-electron chi connectivity index (χ2n) is 13.3. The number of ketones is 2. The third kappa shape index (κ3) is 5.60. The fraction of sp³-hybridized carbons (Fsp3) is 0.306. The van der Waals surface area contributed by atoms with Crippen molar-refractivity contribution in [2.45, 2.75) is 71.1 Å². The predicted octanol–water partition coefficient (Wildman–Crippen LogP) is 6.35. The zero-order valence-corrected chi connectivity index (χ0v) is 25.7. The van der Waals surface area contributed by atoms with E-state index in [9.17, 15) is 29.4 Å². The number of H-pyrrole nitrogens is 1. The SMILES string of the molecule is CC(C)(C)c1cc(CCC(=O)Oc2cccc3ccc(C4C(=O)c5cccc(C(=O)O)c5C4=O)[nH+]c23)cc(C(C)(C)C)c1O. The number of aromatic amines is 1. The van der Waals surface area contributed by atoms with Gasteiger partial charge in [0.1, 0.15) is 5.75 Å². The third-order valence-corrected chi connectivity index (χ3v) is 8.04. The predicted molar refractivity (Wildman–Crippen MR) is 165 cm³/mol. The van der Waals surface area contributed by atoms with Gasteiger partial charge in [-0.25, -0.2) is 9.78 Å². The Morgan fingerprint density at radius 3 is 2.11 bits per heavy atom. The van der Waals surface area contributed by atoms with Gasteiger partial charge >= 0.3 is 11.9 Å². The molecule has 0 saturated heterocycles. The fourth-order valence-corrected chi connectivity index (χ4v) is 5.74. The van der Waals surface area contributed by atoms with Crippen LogP contribution in [0.15, 0.2) is 60.7 Å². The van der Waals surface area contributed by atoms with Gasteiger partial charge in [0.15, 0.2) is 23.2 Å². The van der Waals surface area contributed by atoms with Crippen molar-refractivity contribution in [2.75, 3.05) is 0 Å². The van der Waals surface area contributed by atoms with Crippen molar-refractivity contribution < 1.29 is 39.1 Å². The normalized spacial score (nSPS) is 15.0. The molecule has 3 N–H and O–H groups in total. The number of ether oxygens (including phenoxy) is 1. The first-order valence-electron chi connectivity index (χ1n) is 14.5. The molecule has 226 valence electrons. The number of carboxylic acid groups (broad SMARTS) is 1. The summed E-state index contributed by atoms with van der Waals surface area (Å²) in [6.45, 7) is 12.2. The number of aromatic carboxylic acids is 1. The lowest BCUT2D eigenvalue weighted by atomic mass is 9.78. The first-order chi connectivity index (χ1) is 20.6. The molecule has 1 unspecified atom stereocenters. The van der Waals surface area contributed by atoms with E-state index in [0.29, 0.717) is 17.3 Å². The molecule has 0 saturated carbocycles. The summed E-state index contributed by atoms with van der Waals surface area (Å²) in [6.07, 6.45) is 0.487. The van der Waals surface area contributed by atoms with Gasteiger partial charge < -0.3 is 14.9 Å². The van der Waals surface area contributed by atoms with Gasteiger partial charge in [-0.05, 0) is 58.2 Å². The van der Waals surface area contributed by atoms with Crippen molar-refractivity contribution in [3.8, 4) is 11.5 Å². The Bertz CT molecular complexity index is 1820. The lowest BCUT2D eigenvalue weighted by Crippen LogP contribution is -2.24. The summed E-state index contributed by atoms with van der Waals surface area (Å²) in [5, 5.41) is 21.3. The van der Waals surface area contributed by atoms with Crippen LogP contribution in [0, 0.1) is 0 Å². The van der Waals surface area contributed by atoms with E-state index < -0.39 is 29.4 Å². The molecular formula is C36H36NO7+. The molecule has 0 spiro atoms. The van der Waals surface area contributed by atoms with Crippen LogP contribution in [-0.4, -0.2) is 33.7 Å². The summed E-state index contributed by atoms with van der Waals surface area (Å²) in [7, 11) is 0. The molecule has 0 aliphatic heterocycles. The number of aromatic nitrogens is 1. The van der Waals surface area contributed by atoms with E-state index >= 15 is 0 Å². The maximum absolute atomic E-state index is 13.3. The lowest BCUT2D eigenvalue weighted by Gasteiger charge is -2.28. The van der Waals surface area contributed by atoms with E-state index in [1.165, 1.54) is 18.2 Å². The Kier molecular flexibility index (Phi) is 7.66. The van der Waals surface area contributed by atoms with Gasteiger partial charge in [-0.3, -0.25) is 14.4 Å². The molecule has 0 fully saturated rings. The lowest BCUT2D eigenvalue weighted by molar-refractivity contribution is -0.358. The van der Waals surface area contributed by atoms with Crippen molar-refractivity contribution in [2.24, 2.45) is 0 Å². The zero-order chi connectivity index (χ0) is 32.1. The van der Waals surface area contributed by atoms with Gasteiger partial charge in [0, 0.05) is 23.6 Å². The quantitative estimate of drug-likeness (QED) is 0.151. The van der Waals surface area contributed by atoms with Crippen LogP contribution in [0.1, 0.15) is 107 Å². The summed E-state index contributed by atoms with van der Waals surface area (Å²) in [4.78, 5) is 54.6. The van der Waals surface area contributed by atoms with Crippen molar-refractivity contribution in [1.29, 1.82) is 0 Å². The first kappa shape index (κ1) is 30.6. The summed E-state index contributed by atoms with van der Waals surface area (Å²) >= 11 is 0. The van der Waals surface area contributed by atoms with E-state index in [1.807, 2.05) is 53.7 Å². The molecule has 1 aliphatic carbocycles. The van der Waals surface area contributed by atoms with E-state index in [1.54, 1.807) is 30.3 Å². The summed E-state index contributed by atoms with van der Waals surface area (Å²) in [6, 6.07) is 16.6. The molecular weight excluding hydrogens is 558 g/mol. The van der Waals surface area contributed by atoms with E-state index in [-0.39, 0.29) is 51.1 Å². The van der Waals surface area contributed by atoms with Crippen molar-refractivity contribution in [1.82, 2.24) is 0 Å². The number of rotatable bonds is 6. The highest BCUT2D eigenvalue weighted by atomic mass is 16.5. The van der Waals surface area contributed by atoms with Crippen LogP contribution < -0.4 is 9.72 Å². The van der Waals surface area contributed by atoms with Crippen molar-refractivity contribution in [3.63, 3.8) is 0 Å². The minimum Gasteiger partial charge on any atom is -0.507 e. The van der Waals surface area contributed by atoms with Gasteiger partial charge in [0.25, 0.3) is 5.52 Å². The smallest absolute Gasteiger partial charge is 0.336 e. The topological polar surface area (TPSA) is 132 Å². The summed E-state index contributed by atoms with van der Waals surface area (Å²) in [5.41, 5.74) is 2.44. The van der Waals surface area contributed by atoms with Crippen LogP contribution in [0.25, 0.3) is 10.9 Å². The molecule has 8 nitrogen and oxygen atoms in total. The number of pyridine rings is 1. The number of phenolic OH excluding ortho intramolecular Hbond substituents is 1. The number of carboxylic acids is 1. The number of benzene rings is 3. The molecule has 3 aromatic carbocycles. The Labute approximate surface area is 255 Å². The summed E-state index contributed by atoms with van der Waals surface area (Å²) < 4.78 is 5.78. The molecule has 1 atom stereocenters. The maximum Gasteiger partial charge on any atom is 0.336 e. The molecule has 44 heavy (non-hydrogen) atoms. The Morgan fingerprint density at radius 1 is 0.864 bits per heavy atom. The second-order valence-corrected chi connectivity index (χ2v) is 13.3. The molecule has 1 heterocycles. The highest BCUT2D eigenvalue weighted by molar-refractivity contribution is 6.31. The van der Waals surface area contributed by atoms with Crippen LogP contribution in [0.2, 0.25) is 0 Å². The standard InChI is InChI=1S/C36H35NO7/c1-35(2,3)23-17-19(18-24(32(23)40)36(4,5)6)13-16-27(38)44-26-12-7-9-20-14-15-25(37-30(20)26)29-31(39)21-10-8-11-22(34(42)43)28(21)33(29)41/h7-12,14-15,17-18,29,40H,13,16H2,1-6H3,(H,42,43)/p+1. The molecule has 0 radical (unpaired) electrons. The van der Waals surface area contributed by atoms with Crippen LogP contribution >= 0.6 is 0 Å². The first-order valence-corrected chi connectivity index (χ1v) is 14.5. The van der Waals surface area contributed by atoms with E-state index in [4.69, 9.17) is 4.74 Å². The number of hydrogen-bond donors (Lipinski definition) is 2. The average Bonchev–Trinajstić information content (AvgIpc) is 3.20. The number of nitrogens with one attached hydrogen (secondary N) is 1. The van der Waals surface area contributed by atoms with Gasteiger partial charge in [-0.15, -0.1) is 0 Å². The molecule has 1 aliphatic rings. The monoisotopic (exact) mass is 594 g/mol. The van der Waals surface area contributed by atoms with Crippen LogP contribution in [0.5, 0.6) is 11.5 Å². The summed E-state index contributed by atoms with van der Waals surface area (Å²) in [5.74, 6) is -3.54. The Hall–Kier alpha value is -4.85. The van der Waals surface area contributed by atoms with Crippen molar-refractivity contribution in [3.05, 3.63) is 99.7 Å². The number of carbonyl (C=O) groups is 4. The number of carbonyl (C=O) groups excluding carboxylic acids is 3. The zero-order valence-electron chi connectivity index (χ0n) is 25.7.